The monoisotopic (exact) mass is 485 g/mol. The van der Waals surface area contributed by atoms with Gasteiger partial charge in [0.25, 0.3) is 11.6 Å². The molecule has 2 atom stereocenters. The van der Waals surface area contributed by atoms with E-state index in [1.807, 2.05) is 0 Å². The van der Waals surface area contributed by atoms with Gasteiger partial charge in [0, 0.05) is 22.6 Å². The fraction of sp³-hybridized carbons (Fsp3) is 0.478. The molecule has 2 fully saturated rings. The maximum atomic E-state index is 13.2. The third kappa shape index (κ3) is 4.52. The molecule has 4 amide bonds. The summed E-state index contributed by atoms with van der Waals surface area (Å²) in [7, 11) is 0. The number of hydrogen-bond acceptors (Lipinski definition) is 7. The zero-order valence-corrected chi connectivity index (χ0v) is 20.3. The molecule has 4 rings (SSSR count). The Kier molecular flexibility index (Phi) is 5.92. The topological polar surface area (TPSA) is 135 Å². The van der Waals surface area contributed by atoms with Crippen LogP contribution in [-0.4, -0.2) is 44.7 Å². The van der Waals surface area contributed by atoms with Crippen LogP contribution in [0.3, 0.4) is 0 Å². The lowest BCUT2D eigenvalue weighted by Crippen LogP contribution is -2.54. The van der Waals surface area contributed by atoms with E-state index in [1.165, 1.54) is 6.07 Å². The molecule has 2 heterocycles. The molecule has 1 aliphatic heterocycles. The average molecular weight is 486 g/mol. The number of nitrogens with zero attached hydrogens (tertiary/aromatic N) is 3. The van der Waals surface area contributed by atoms with Gasteiger partial charge in [-0.1, -0.05) is 32.9 Å². The van der Waals surface area contributed by atoms with Crippen molar-refractivity contribution in [2.45, 2.75) is 52.5 Å². The van der Waals surface area contributed by atoms with Gasteiger partial charge in [-0.05, 0) is 37.5 Å². The summed E-state index contributed by atoms with van der Waals surface area (Å²) in [5.74, 6) is -0.633. The van der Waals surface area contributed by atoms with E-state index in [1.54, 1.807) is 24.4 Å². The van der Waals surface area contributed by atoms with Crippen molar-refractivity contribution in [3.8, 4) is 11.3 Å². The van der Waals surface area contributed by atoms with Crippen LogP contribution in [0.15, 0.2) is 23.6 Å². The predicted octanol–water partition coefficient (Wildman–Crippen LogP) is 4.10. The zero-order chi connectivity index (χ0) is 24.8. The Balaban J connectivity index is 1.44. The number of rotatable bonds is 5. The van der Waals surface area contributed by atoms with Crippen LogP contribution in [0, 0.1) is 28.4 Å². The van der Waals surface area contributed by atoms with Crippen LogP contribution in [0.2, 0.25) is 0 Å². The standard InChI is InChI=1S/C23H27N5O5S/c1-13-8-22(3,4)12-23(9-13)19(30)27(21(31)26-23)10-18(29)25-20-24-16(11-34-20)15-6-5-14(2)17(7-15)28(32)33/h5-7,11,13H,8-10,12H2,1-4H3,(H,26,31)(H,24,25,29). The molecule has 1 saturated carbocycles. The average Bonchev–Trinajstić information content (AvgIpc) is 3.25. The molecular formula is C23H27N5O5S. The Morgan fingerprint density at radius 2 is 2.09 bits per heavy atom. The number of imide groups is 1. The number of nitrogens with one attached hydrogen (secondary N) is 2. The third-order valence-corrected chi connectivity index (χ3v) is 7.14. The Bertz CT molecular complexity index is 1190. The maximum absolute atomic E-state index is 13.2. The van der Waals surface area contributed by atoms with Crippen LogP contribution >= 0.6 is 11.3 Å². The summed E-state index contributed by atoms with van der Waals surface area (Å²) in [6.45, 7) is 7.49. The number of thiazole rings is 1. The third-order valence-electron chi connectivity index (χ3n) is 6.38. The molecule has 1 aromatic carbocycles. The van der Waals surface area contributed by atoms with Crippen LogP contribution in [0.4, 0.5) is 15.6 Å². The predicted molar refractivity (Wildman–Crippen MR) is 127 cm³/mol. The van der Waals surface area contributed by atoms with Gasteiger partial charge in [-0.25, -0.2) is 9.78 Å². The minimum Gasteiger partial charge on any atom is -0.323 e. The highest BCUT2D eigenvalue weighted by molar-refractivity contribution is 7.14. The maximum Gasteiger partial charge on any atom is 0.325 e. The molecule has 1 spiro atoms. The molecule has 1 aromatic heterocycles. The van der Waals surface area contributed by atoms with Crippen molar-refractivity contribution in [1.82, 2.24) is 15.2 Å². The number of aromatic nitrogens is 1. The van der Waals surface area contributed by atoms with E-state index >= 15 is 0 Å². The van der Waals surface area contributed by atoms with E-state index in [4.69, 9.17) is 0 Å². The van der Waals surface area contributed by atoms with Gasteiger partial charge >= 0.3 is 6.03 Å². The summed E-state index contributed by atoms with van der Waals surface area (Å²) in [6, 6.07) is 4.25. The number of carbonyl (C=O) groups excluding carboxylic acids is 3. The van der Waals surface area contributed by atoms with Crippen molar-refractivity contribution < 1.29 is 19.3 Å². The van der Waals surface area contributed by atoms with Crippen LogP contribution < -0.4 is 10.6 Å². The summed E-state index contributed by atoms with van der Waals surface area (Å²) in [4.78, 5) is 54.5. The highest BCUT2D eigenvalue weighted by Crippen LogP contribution is 2.46. The summed E-state index contributed by atoms with van der Waals surface area (Å²) in [6.07, 6.45) is 2.05. The fourth-order valence-corrected chi connectivity index (χ4v) is 6.12. The molecule has 10 nitrogen and oxygen atoms in total. The first kappa shape index (κ1) is 23.8. The summed E-state index contributed by atoms with van der Waals surface area (Å²) >= 11 is 1.16. The minimum atomic E-state index is -0.965. The van der Waals surface area contributed by atoms with E-state index in [0.29, 0.717) is 29.7 Å². The molecule has 2 N–H and O–H groups in total. The molecule has 180 valence electrons. The summed E-state index contributed by atoms with van der Waals surface area (Å²) < 4.78 is 0. The highest BCUT2D eigenvalue weighted by atomic mass is 32.1. The lowest BCUT2D eigenvalue weighted by Gasteiger charge is -2.43. The lowest BCUT2D eigenvalue weighted by molar-refractivity contribution is -0.385. The Labute approximate surface area is 200 Å². The van der Waals surface area contributed by atoms with Gasteiger partial charge in [0.15, 0.2) is 5.13 Å². The first-order valence-corrected chi connectivity index (χ1v) is 11.9. The SMILES string of the molecule is Cc1ccc(-c2csc(NC(=O)CN3C(=O)NC4(CC(C)CC(C)(C)C4)C3=O)n2)cc1[N+](=O)[O-]. The van der Waals surface area contributed by atoms with Crippen molar-refractivity contribution in [1.29, 1.82) is 0 Å². The zero-order valence-electron chi connectivity index (χ0n) is 19.5. The van der Waals surface area contributed by atoms with Gasteiger partial charge in [0.1, 0.15) is 12.1 Å². The number of urea groups is 1. The molecule has 2 aromatic rings. The van der Waals surface area contributed by atoms with Gasteiger partial charge in [0.05, 0.1) is 10.6 Å². The minimum absolute atomic E-state index is 0.0104. The molecule has 0 radical (unpaired) electrons. The molecule has 2 aliphatic rings. The Morgan fingerprint density at radius 3 is 2.76 bits per heavy atom. The number of carbonyl (C=O) groups is 3. The highest BCUT2D eigenvalue weighted by Gasteiger charge is 2.56. The summed E-state index contributed by atoms with van der Waals surface area (Å²) in [5, 5.41) is 18.6. The molecule has 0 bridgehead atoms. The number of anilines is 1. The fourth-order valence-electron chi connectivity index (χ4n) is 5.38. The van der Waals surface area contributed by atoms with Crippen molar-refractivity contribution in [3.63, 3.8) is 0 Å². The van der Waals surface area contributed by atoms with E-state index in [0.717, 1.165) is 22.7 Å². The largest absolute Gasteiger partial charge is 0.325 e. The number of aryl methyl sites for hydroxylation is 1. The number of amides is 4. The second kappa shape index (κ2) is 8.46. The molecule has 1 aliphatic carbocycles. The quantitative estimate of drug-likeness (QED) is 0.372. The van der Waals surface area contributed by atoms with E-state index in [9.17, 15) is 24.5 Å². The van der Waals surface area contributed by atoms with Gasteiger partial charge in [0.2, 0.25) is 5.91 Å². The van der Waals surface area contributed by atoms with Crippen molar-refractivity contribution in [2.75, 3.05) is 11.9 Å². The molecule has 34 heavy (non-hydrogen) atoms. The second-order valence-electron chi connectivity index (χ2n) is 10.1. The summed E-state index contributed by atoms with van der Waals surface area (Å²) in [5.41, 5.74) is 0.507. The number of benzene rings is 1. The molecular weight excluding hydrogens is 458 g/mol. The molecule has 11 heteroatoms. The lowest BCUT2D eigenvalue weighted by atomic mass is 9.64. The smallest absolute Gasteiger partial charge is 0.323 e. The number of nitro groups is 1. The first-order chi connectivity index (χ1) is 15.9. The van der Waals surface area contributed by atoms with Crippen molar-refractivity contribution in [2.24, 2.45) is 11.3 Å². The van der Waals surface area contributed by atoms with Crippen molar-refractivity contribution in [3.05, 3.63) is 39.3 Å². The first-order valence-electron chi connectivity index (χ1n) is 11.0. The van der Waals surface area contributed by atoms with Gasteiger partial charge in [-0.3, -0.25) is 24.6 Å². The van der Waals surface area contributed by atoms with Gasteiger partial charge < -0.3 is 10.6 Å². The van der Waals surface area contributed by atoms with Crippen LogP contribution in [0.1, 0.15) is 45.6 Å². The van der Waals surface area contributed by atoms with Crippen LogP contribution in [0.5, 0.6) is 0 Å². The Hall–Kier alpha value is -3.34. The second-order valence-corrected chi connectivity index (χ2v) is 11.0. The number of nitro benzene ring substituents is 1. The number of hydrogen-bond donors (Lipinski definition) is 2. The van der Waals surface area contributed by atoms with Crippen LogP contribution in [-0.2, 0) is 9.59 Å². The Morgan fingerprint density at radius 1 is 1.35 bits per heavy atom. The molecule has 1 saturated heterocycles. The van der Waals surface area contributed by atoms with E-state index in [-0.39, 0.29) is 28.1 Å². The molecule has 2 unspecified atom stereocenters. The van der Waals surface area contributed by atoms with Gasteiger partial charge in [-0.2, -0.15) is 0 Å². The van der Waals surface area contributed by atoms with Crippen molar-refractivity contribution >= 4 is 40.0 Å². The van der Waals surface area contributed by atoms with E-state index in [2.05, 4.69) is 36.4 Å². The normalized spacial score (nSPS) is 23.8. The van der Waals surface area contributed by atoms with Gasteiger partial charge in [-0.15, -0.1) is 11.3 Å². The van der Waals surface area contributed by atoms with E-state index < -0.39 is 28.9 Å². The van der Waals surface area contributed by atoms with Crippen LogP contribution in [0.25, 0.3) is 11.3 Å².